The van der Waals surface area contributed by atoms with E-state index >= 15 is 0 Å². The van der Waals surface area contributed by atoms with Crippen LogP contribution in [-0.4, -0.2) is 0 Å². The highest BCUT2D eigenvalue weighted by Gasteiger charge is 2.51. The van der Waals surface area contributed by atoms with Gasteiger partial charge in [0.25, 0.3) is 0 Å². The molecule has 0 spiro atoms. The third kappa shape index (κ3) is 3.07. The van der Waals surface area contributed by atoms with Gasteiger partial charge in [0.05, 0.1) is 0 Å². The maximum absolute atomic E-state index is 10.0. The third-order valence-electron chi connectivity index (χ3n) is 4.11. The van der Waals surface area contributed by atoms with Gasteiger partial charge in [-0.3, -0.25) is 0 Å². The van der Waals surface area contributed by atoms with E-state index in [1.807, 2.05) is 54.6 Å². The number of thiol groups is 1. The molecule has 0 unspecified atom stereocenters. The normalized spacial score (nSPS) is 12.2. The molecule has 4 heteroatoms. The zero-order valence-corrected chi connectivity index (χ0v) is 15.4. The first kappa shape index (κ1) is 17.3. The first-order valence-electron chi connectivity index (χ1n) is 7.86. The molecule has 2 nitrogen and oxygen atoms in total. The molecular weight excluding hydrogens is 343 g/mol. The highest BCUT2D eigenvalue weighted by molar-refractivity contribution is 8.00. The van der Waals surface area contributed by atoms with Crippen molar-refractivity contribution in [1.82, 2.24) is 0 Å². The van der Waals surface area contributed by atoms with Crippen LogP contribution in [0.3, 0.4) is 0 Å². The second-order valence-corrected chi connectivity index (χ2v) is 9.34. The van der Waals surface area contributed by atoms with Gasteiger partial charge in [0.2, 0.25) is 5.31 Å². The lowest BCUT2D eigenvalue weighted by atomic mass is 10.4. The van der Waals surface area contributed by atoms with Crippen LogP contribution >= 0.6 is 19.9 Å². The van der Waals surface area contributed by atoms with Crippen molar-refractivity contribution in [3.8, 4) is 6.07 Å². The van der Waals surface area contributed by atoms with Crippen molar-refractivity contribution in [2.45, 2.75) is 0 Å². The molecular formula is C21H18N2PS+. The molecule has 3 aromatic rings. The largest absolute Gasteiger partial charge is 0.390 e. The van der Waals surface area contributed by atoms with Gasteiger partial charge in [0.15, 0.2) is 7.26 Å². The first-order chi connectivity index (χ1) is 12.2. The van der Waals surface area contributed by atoms with Crippen molar-refractivity contribution in [2.24, 2.45) is 5.73 Å². The summed E-state index contributed by atoms with van der Waals surface area (Å²) in [7, 11) is -2.40. The van der Waals surface area contributed by atoms with Gasteiger partial charge >= 0.3 is 0 Å². The summed E-state index contributed by atoms with van der Waals surface area (Å²) in [6.45, 7) is 0. The number of hydrogen-bond acceptors (Lipinski definition) is 3. The standard InChI is InChI=1S/C21H17N2PS/c22-16-20(21(23)25)24(17-10-4-1-5-11-17,18-12-6-2-7-13-18)19-14-8-3-9-15-19/h1-15H,23H2/p+1/b21-20-. The molecule has 0 aliphatic heterocycles. The Kier molecular flexibility index (Phi) is 5.24. The van der Waals surface area contributed by atoms with Crippen LogP contribution in [0.1, 0.15) is 0 Å². The van der Waals surface area contributed by atoms with Gasteiger partial charge in [-0.25, -0.2) is 0 Å². The summed E-state index contributed by atoms with van der Waals surface area (Å²) >= 11 is 4.38. The number of rotatable bonds is 4. The minimum Gasteiger partial charge on any atom is -0.390 e. The zero-order valence-electron chi connectivity index (χ0n) is 13.6. The van der Waals surface area contributed by atoms with Crippen LogP contribution in [0.2, 0.25) is 0 Å². The number of nitrogens with two attached hydrogens (primary N) is 1. The topological polar surface area (TPSA) is 49.8 Å². The van der Waals surface area contributed by atoms with Gasteiger partial charge in [0.1, 0.15) is 27.0 Å². The summed E-state index contributed by atoms with van der Waals surface area (Å²) in [5, 5.41) is 14.1. The summed E-state index contributed by atoms with van der Waals surface area (Å²) in [4.78, 5) is 0. The lowest BCUT2D eigenvalue weighted by molar-refractivity contribution is 1.48. The number of allylic oxidation sites excluding steroid dienone is 1. The van der Waals surface area contributed by atoms with Crippen LogP contribution in [0.15, 0.2) is 101 Å². The molecule has 0 saturated carbocycles. The van der Waals surface area contributed by atoms with Crippen LogP contribution < -0.4 is 21.6 Å². The molecule has 0 fully saturated rings. The summed E-state index contributed by atoms with van der Waals surface area (Å²) in [5.41, 5.74) is 6.09. The number of benzene rings is 3. The summed E-state index contributed by atoms with van der Waals surface area (Å²) in [6, 6.07) is 32.7. The van der Waals surface area contributed by atoms with E-state index in [1.54, 1.807) is 0 Å². The summed E-state index contributed by atoms with van der Waals surface area (Å²) < 4.78 is 0. The molecule has 0 bridgehead atoms. The maximum Gasteiger partial charge on any atom is 0.214 e. The van der Waals surface area contributed by atoms with Crippen molar-refractivity contribution in [1.29, 1.82) is 5.26 Å². The Morgan fingerprint density at radius 3 is 1.28 bits per heavy atom. The molecule has 0 radical (unpaired) electrons. The Bertz CT molecular complexity index is 816. The maximum atomic E-state index is 10.0. The van der Waals surface area contributed by atoms with E-state index in [-0.39, 0.29) is 5.03 Å². The predicted octanol–water partition coefficient (Wildman–Crippen LogP) is 3.56. The Morgan fingerprint density at radius 2 is 1.04 bits per heavy atom. The Balaban J connectivity index is 2.50. The summed E-state index contributed by atoms with van der Waals surface area (Å²) in [5.74, 6) is 0. The SMILES string of the molecule is N#C/C(=C(\N)S)[P+](c1ccccc1)(c1ccccc1)c1ccccc1. The lowest BCUT2D eigenvalue weighted by Crippen LogP contribution is -2.33. The van der Waals surface area contributed by atoms with Gasteiger partial charge in [-0.15, -0.1) is 12.6 Å². The molecule has 122 valence electrons. The fourth-order valence-corrected chi connectivity index (χ4v) is 7.61. The van der Waals surface area contributed by atoms with Gasteiger partial charge < -0.3 is 5.73 Å². The van der Waals surface area contributed by atoms with E-state index in [1.165, 1.54) is 0 Å². The fourth-order valence-electron chi connectivity index (χ4n) is 3.09. The average molecular weight is 361 g/mol. The van der Waals surface area contributed by atoms with Gasteiger partial charge in [-0.2, -0.15) is 5.26 Å². The van der Waals surface area contributed by atoms with Gasteiger partial charge in [-0.1, -0.05) is 54.6 Å². The monoisotopic (exact) mass is 361 g/mol. The van der Waals surface area contributed by atoms with Crippen molar-refractivity contribution >= 4 is 35.8 Å². The number of nitrogens with zero attached hydrogens (tertiary/aromatic N) is 1. The minimum absolute atomic E-state index is 0.271. The van der Waals surface area contributed by atoms with E-state index in [4.69, 9.17) is 5.73 Å². The minimum atomic E-state index is -2.40. The van der Waals surface area contributed by atoms with Crippen molar-refractivity contribution < 1.29 is 0 Å². The van der Waals surface area contributed by atoms with E-state index in [0.29, 0.717) is 5.31 Å². The molecule has 0 atom stereocenters. The Morgan fingerprint density at radius 1 is 0.720 bits per heavy atom. The number of hydrogen-bond donors (Lipinski definition) is 2. The molecule has 25 heavy (non-hydrogen) atoms. The molecule has 0 heterocycles. The fraction of sp³-hybridized carbons (Fsp3) is 0. The molecule has 2 N–H and O–H groups in total. The second kappa shape index (κ2) is 7.57. The van der Waals surface area contributed by atoms with Crippen LogP contribution in [-0.2, 0) is 0 Å². The Hall–Kier alpha value is -2.53. The van der Waals surface area contributed by atoms with Crippen molar-refractivity contribution in [3.63, 3.8) is 0 Å². The van der Waals surface area contributed by atoms with Gasteiger partial charge in [-0.05, 0) is 36.4 Å². The molecule has 0 saturated heterocycles. The zero-order chi connectivity index (χ0) is 17.7. The average Bonchev–Trinajstić information content (AvgIpc) is 2.68. The third-order valence-corrected chi connectivity index (χ3v) is 8.74. The van der Waals surface area contributed by atoms with E-state index < -0.39 is 7.26 Å². The molecule has 3 aromatic carbocycles. The number of nitriles is 1. The smallest absolute Gasteiger partial charge is 0.214 e. The molecule has 0 aromatic heterocycles. The highest BCUT2D eigenvalue weighted by Crippen LogP contribution is 2.62. The highest BCUT2D eigenvalue weighted by atomic mass is 32.1. The van der Waals surface area contributed by atoms with Crippen LogP contribution in [0, 0.1) is 11.3 Å². The second-order valence-electron chi connectivity index (χ2n) is 5.52. The lowest BCUT2D eigenvalue weighted by Gasteiger charge is -2.26. The Labute approximate surface area is 154 Å². The molecule has 3 rings (SSSR count). The quantitative estimate of drug-likeness (QED) is 0.424. The van der Waals surface area contributed by atoms with Crippen molar-refractivity contribution in [2.75, 3.05) is 0 Å². The summed E-state index contributed by atoms with van der Waals surface area (Å²) in [6.07, 6.45) is 0. The van der Waals surface area contributed by atoms with Crippen molar-refractivity contribution in [3.05, 3.63) is 101 Å². The van der Waals surface area contributed by atoms with Crippen LogP contribution in [0.4, 0.5) is 0 Å². The van der Waals surface area contributed by atoms with E-state index in [0.717, 1.165) is 15.9 Å². The molecule has 0 aliphatic carbocycles. The van der Waals surface area contributed by atoms with Gasteiger partial charge in [0, 0.05) is 0 Å². The predicted molar refractivity (Wildman–Crippen MR) is 111 cm³/mol. The molecule has 0 amide bonds. The van der Waals surface area contributed by atoms with E-state index in [9.17, 15) is 5.26 Å². The molecule has 0 aliphatic rings. The first-order valence-corrected chi connectivity index (χ1v) is 10.1. The van der Waals surface area contributed by atoms with Crippen LogP contribution in [0.25, 0.3) is 0 Å². The van der Waals surface area contributed by atoms with E-state index in [2.05, 4.69) is 55.1 Å². The van der Waals surface area contributed by atoms with Crippen LogP contribution in [0.5, 0.6) is 0 Å².